The Balaban J connectivity index is 3.79. The molecule has 0 bridgehead atoms. The maximum atomic E-state index is 9.77. The Morgan fingerprint density at radius 2 is 1.71 bits per heavy atom. The number of rotatable bonds is 1. The first-order valence-electron chi connectivity index (χ1n) is 1.90. The van der Waals surface area contributed by atoms with Crippen LogP contribution in [0.5, 0.6) is 0 Å². The second-order valence-corrected chi connectivity index (χ2v) is 1.86. The molecule has 0 aliphatic rings. The first-order chi connectivity index (χ1) is 2.94. The minimum atomic E-state index is -1.58. The van der Waals surface area contributed by atoms with Crippen LogP contribution in [0.15, 0.2) is 0 Å². The molecule has 0 aromatic heterocycles. The minimum absolute atomic E-state index is 1.20. The first kappa shape index (κ1) is 6.43. The number of hydrogen-bond acceptors (Lipinski definition) is 2. The molecule has 3 nitrogen and oxygen atoms in total. The molecular formula is C4H8O3. The molecule has 0 radical (unpaired) electrons. The van der Waals surface area contributed by atoms with E-state index >= 15 is 0 Å². The van der Waals surface area contributed by atoms with Gasteiger partial charge in [0.1, 0.15) is 0 Å². The van der Waals surface area contributed by atoms with E-state index in [2.05, 4.69) is 0 Å². The average molecular weight is 108 g/mol. The molecule has 0 saturated carbocycles. The summed E-state index contributed by atoms with van der Waals surface area (Å²) in [6.07, 6.45) is 0. The number of hydrogen-bond donors (Lipinski definition) is 2. The second-order valence-electron chi connectivity index (χ2n) is 1.86. The van der Waals surface area contributed by atoms with E-state index in [-0.39, 0.29) is 0 Å². The van der Waals surface area contributed by atoms with E-state index in [1.807, 2.05) is 0 Å². The topological polar surface area (TPSA) is 57.5 Å². The van der Waals surface area contributed by atoms with Crippen molar-refractivity contribution >= 4 is 5.97 Å². The van der Waals surface area contributed by atoms with Crippen LogP contribution in [0.2, 0.25) is 0 Å². The molecule has 0 rings (SSSR count). The molecule has 0 saturated heterocycles. The van der Waals surface area contributed by atoms with Crippen LogP contribution in [0.4, 0.5) is 0 Å². The van der Waals surface area contributed by atoms with E-state index in [9.17, 15) is 4.79 Å². The maximum Gasteiger partial charge on any atom is 0.335 e. The lowest BCUT2D eigenvalue weighted by Crippen LogP contribution is -2.30. The summed E-state index contributed by atoms with van der Waals surface area (Å²) in [5.74, 6) is -1.20. The van der Waals surface area contributed by atoms with Crippen LogP contribution in [-0.2, 0) is 4.79 Å². The predicted octanol–water partition coefficient (Wildman–Crippen LogP) is -0.158. The van der Waals surface area contributed by atoms with Crippen molar-refractivity contribution in [3.63, 3.8) is 0 Å². The highest BCUT2D eigenvalue weighted by molar-refractivity contribution is 5.75. The number of aliphatic hydroxyl groups is 1. The Kier molecular flexibility index (Phi) is 1.38. The molecule has 3 heteroatoms. The van der Waals surface area contributed by atoms with Gasteiger partial charge in [-0.2, -0.15) is 0 Å². The minimum Gasteiger partial charge on any atom is -0.479 e. The van der Waals surface area contributed by atoms with Crippen LogP contribution in [0, 0.1) is 0 Å². The van der Waals surface area contributed by atoms with Crippen LogP contribution < -0.4 is 0 Å². The molecule has 0 aromatic rings. The van der Waals surface area contributed by atoms with E-state index in [0.717, 1.165) is 0 Å². The Labute approximate surface area is 41.6 Å². The summed E-state index contributed by atoms with van der Waals surface area (Å²) in [4.78, 5) is 9.77. The zero-order valence-corrected chi connectivity index (χ0v) is 4.30. The van der Waals surface area contributed by atoms with Gasteiger partial charge in [-0.3, -0.25) is 0 Å². The van der Waals surface area contributed by atoms with Crippen LogP contribution in [0.1, 0.15) is 13.8 Å². The molecular weight excluding hydrogens is 100 g/mol. The molecule has 0 aliphatic heterocycles. The summed E-state index contributed by atoms with van der Waals surface area (Å²) in [5, 5.41) is 16.5. The normalized spacial score (nSPS) is 11.3. The summed E-state index contributed by atoms with van der Waals surface area (Å²) >= 11 is 0. The van der Waals surface area contributed by atoms with Gasteiger partial charge >= 0.3 is 5.97 Å². The third-order valence-electron chi connectivity index (χ3n) is 0.523. The van der Waals surface area contributed by atoms with Crippen molar-refractivity contribution in [2.75, 3.05) is 0 Å². The van der Waals surface area contributed by atoms with Gasteiger partial charge in [0.15, 0.2) is 5.60 Å². The molecule has 2 N–H and O–H groups in total. The van der Waals surface area contributed by atoms with Crippen molar-refractivity contribution in [2.45, 2.75) is 19.4 Å². The number of carbonyl (C=O) groups is 1. The van der Waals surface area contributed by atoms with Gasteiger partial charge in [-0.15, -0.1) is 0 Å². The van der Waals surface area contributed by atoms with Gasteiger partial charge in [-0.05, 0) is 13.8 Å². The lowest BCUT2D eigenvalue weighted by atomic mass is 11.1. The Morgan fingerprint density at radius 1 is 1.57 bits per heavy atom. The van der Waals surface area contributed by atoms with E-state index < -0.39 is 11.6 Å². The van der Waals surface area contributed by atoms with Gasteiger partial charge in [0.25, 0.3) is 0 Å². The summed E-state index contributed by atoms with van der Waals surface area (Å²) < 4.78 is 0. The predicted molar refractivity (Wildman–Crippen MR) is 23.9 cm³/mol. The number of carboxylic acids is 1. The molecule has 0 heterocycles. The van der Waals surface area contributed by atoms with Crippen LogP contribution in [0.25, 0.3) is 0 Å². The van der Waals surface area contributed by atoms with Gasteiger partial charge in [0, 0.05) is 0 Å². The number of aliphatic carboxylic acids is 1. The van der Waals surface area contributed by atoms with Crippen LogP contribution in [-0.4, -0.2) is 21.8 Å². The van der Waals surface area contributed by atoms with Gasteiger partial charge in [0.2, 0.25) is 0 Å². The molecule has 0 spiro atoms. The molecule has 0 fully saturated rings. The molecule has 42 valence electrons. The maximum absolute atomic E-state index is 9.77. The fourth-order valence-electron chi connectivity index (χ4n) is 0. The van der Waals surface area contributed by atoms with Crippen LogP contribution >= 0.6 is 0 Å². The van der Waals surface area contributed by atoms with Crippen molar-refractivity contribution in [2.24, 2.45) is 0 Å². The lowest BCUT2D eigenvalue weighted by molar-refractivity contribution is -0.154. The monoisotopic (exact) mass is 108 g/mol. The molecule has 0 aliphatic carbocycles. The third kappa shape index (κ3) is 2.17. The third-order valence-corrected chi connectivity index (χ3v) is 0.523. The van der Waals surface area contributed by atoms with E-state index in [1.165, 1.54) is 13.8 Å². The summed E-state index contributed by atoms with van der Waals surface area (Å²) in [7, 11) is 0. The van der Waals surface area contributed by atoms with Gasteiger partial charge in [-0.1, -0.05) is 0 Å². The van der Waals surface area contributed by atoms with Crippen molar-refractivity contribution < 1.29 is 15.0 Å². The SMILES string of the molecule is [13CH3][13C]([13CH3])(O)[13C](=O)O. The smallest absolute Gasteiger partial charge is 0.335 e. The molecule has 7 heavy (non-hydrogen) atoms. The van der Waals surface area contributed by atoms with Crippen LogP contribution in [0.3, 0.4) is 0 Å². The highest BCUT2D eigenvalue weighted by Crippen LogP contribution is 1.97. The van der Waals surface area contributed by atoms with Gasteiger partial charge in [0.05, 0.1) is 0 Å². The molecule has 0 atom stereocenters. The van der Waals surface area contributed by atoms with E-state index in [4.69, 9.17) is 10.2 Å². The van der Waals surface area contributed by atoms with Crippen molar-refractivity contribution in [3.8, 4) is 0 Å². The quantitative estimate of drug-likeness (QED) is 0.459. The standard InChI is InChI=1S/C4H8O3/c1-4(2,7)3(5)6/h7H,1-2H3,(H,5,6)/i1+1,2+1,3+1,4+1. The molecule has 0 amide bonds. The first-order valence-corrected chi connectivity index (χ1v) is 1.90. The fraction of sp³-hybridized carbons (Fsp3) is 0.750. The van der Waals surface area contributed by atoms with Crippen molar-refractivity contribution in [1.29, 1.82) is 0 Å². The summed E-state index contributed by atoms with van der Waals surface area (Å²) in [5.41, 5.74) is -1.58. The lowest BCUT2D eigenvalue weighted by Gasteiger charge is -2.07. The molecule has 0 aromatic carbocycles. The zero-order chi connectivity index (χ0) is 6.08. The summed E-state index contributed by atoms with van der Waals surface area (Å²) in [6.45, 7) is 2.44. The van der Waals surface area contributed by atoms with Gasteiger partial charge in [-0.25, -0.2) is 4.79 Å². The largest absolute Gasteiger partial charge is 0.479 e. The highest BCUT2D eigenvalue weighted by atomic mass is 16.6. The Morgan fingerprint density at radius 3 is 1.71 bits per heavy atom. The fourth-order valence-corrected chi connectivity index (χ4v) is 0. The highest BCUT2D eigenvalue weighted by Gasteiger charge is 2.21. The average Bonchev–Trinajstić information content (AvgIpc) is 1.31. The molecule has 0 unspecified atom stereocenters. The van der Waals surface area contributed by atoms with Gasteiger partial charge < -0.3 is 10.2 Å². The number of carboxylic acid groups (broad SMARTS) is 1. The zero-order valence-electron chi connectivity index (χ0n) is 4.30. The second kappa shape index (κ2) is 1.50. The van der Waals surface area contributed by atoms with Crippen molar-refractivity contribution in [1.82, 2.24) is 0 Å². The Hall–Kier alpha value is -0.570. The van der Waals surface area contributed by atoms with Crippen molar-refractivity contribution in [3.05, 3.63) is 0 Å². The van der Waals surface area contributed by atoms with E-state index in [0.29, 0.717) is 0 Å². The van der Waals surface area contributed by atoms with E-state index in [1.54, 1.807) is 0 Å². The Bertz CT molecular complexity index is 79.4. The summed E-state index contributed by atoms with van der Waals surface area (Å²) in [6, 6.07) is 0.